The Morgan fingerprint density at radius 1 is 1.10 bits per heavy atom. The highest BCUT2D eigenvalue weighted by Gasteiger charge is 2.36. The monoisotopic (exact) mass is 290 g/mol. The Kier molecular flexibility index (Phi) is 3.53. The summed E-state index contributed by atoms with van der Waals surface area (Å²) in [6, 6.07) is 8.27. The van der Waals surface area contributed by atoms with Crippen molar-refractivity contribution in [2.24, 2.45) is 11.8 Å². The van der Waals surface area contributed by atoms with Crippen LogP contribution in [-0.2, 0) is 10.0 Å². The van der Waals surface area contributed by atoms with Crippen molar-refractivity contribution < 1.29 is 8.42 Å². The maximum atomic E-state index is 12.6. The van der Waals surface area contributed by atoms with E-state index in [1.165, 1.54) is 18.9 Å². The molecule has 1 aliphatic heterocycles. The Morgan fingerprint density at radius 3 is 2.35 bits per heavy atom. The van der Waals surface area contributed by atoms with Gasteiger partial charge >= 0.3 is 0 Å². The van der Waals surface area contributed by atoms with E-state index in [-0.39, 0.29) is 4.90 Å². The lowest BCUT2D eigenvalue weighted by molar-refractivity contribution is 0.253. The van der Waals surface area contributed by atoms with Gasteiger partial charge in [-0.05, 0) is 55.7 Å². The van der Waals surface area contributed by atoms with Crippen molar-refractivity contribution in [3.8, 4) is 6.07 Å². The van der Waals surface area contributed by atoms with Crippen molar-refractivity contribution in [1.29, 1.82) is 5.26 Å². The number of benzene rings is 1. The van der Waals surface area contributed by atoms with E-state index in [4.69, 9.17) is 5.26 Å². The first-order valence-electron chi connectivity index (χ1n) is 7.11. The smallest absolute Gasteiger partial charge is 0.207 e. The van der Waals surface area contributed by atoms with Crippen molar-refractivity contribution in [3.05, 3.63) is 29.8 Å². The molecule has 5 heteroatoms. The zero-order chi connectivity index (χ0) is 14.2. The average Bonchev–Trinajstić information content (AvgIpc) is 3.32. The molecular weight excluding hydrogens is 272 g/mol. The van der Waals surface area contributed by atoms with Gasteiger partial charge in [0.15, 0.2) is 0 Å². The van der Waals surface area contributed by atoms with Crippen LogP contribution in [0.3, 0.4) is 0 Å². The van der Waals surface area contributed by atoms with Gasteiger partial charge in [0, 0.05) is 13.1 Å². The van der Waals surface area contributed by atoms with Crippen LogP contribution in [0.4, 0.5) is 0 Å². The summed E-state index contributed by atoms with van der Waals surface area (Å²) < 4.78 is 26.7. The van der Waals surface area contributed by atoms with Crippen LogP contribution >= 0.6 is 0 Å². The van der Waals surface area contributed by atoms with Crippen LogP contribution in [0.1, 0.15) is 31.2 Å². The fourth-order valence-electron chi connectivity index (χ4n) is 3.03. The molecule has 0 unspecified atom stereocenters. The predicted molar refractivity (Wildman–Crippen MR) is 75.4 cm³/mol. The second-order valence-corrected chi connectivity index (χ2v) is 7.66. The summed E-state index contributed by atoms with van der Waals surface area (Å²) in [5.41, 5.74) is 0.388. The average molecular weight is 290 g/mol. The highest BCUT2D eigenvalue weighted by atomic mass is 32.2. The summed E-state index contributed by atoms with van der Waals surface area (Å²) in [6.45, 7) is 1.22. The molecule has 1 aromatic rings. The van der Waals surface area contributed by atoms with Crippen LogP contribution in [0.15, 0.2) is 29.2 Å². The Bertz CT molecular complexity index is 636. The van der Waals surface area contributed by atoms with Crippen molar-refractivity contribution in [3.63, 3.8) is 0 Å². The maximum absolute atomic E-state index is 12.6. The van der Waals surface area contributed by atoms with Crippen LogP contribution in [0.5, 0.6) is 0 Å². The molecule has 1 aromatic carbocycles. The van der Waals surface area contributed by atoms with Gasteiger partial charge in [0.25, 0.3) is 0 Å². The van der Waals surface area contributed by atoms with Crippen LogP contribution < -0.4 is 0 Å². The summed E-state index contributed by atoms with van der Waals surface area (Å²) in [5, 5.41) is 8.88. The Hall–Kier alpha value is -1.38. The van der Waals surface area contributed by atoms with Crippen molar-refractivity contribution >= 4 is 10.0 Å². The first-order chi connectivity index (χ1) is 9.61. The minimum absolute atomic E-state index is 0.237. The molecule has 0 aromatic heterocycles. The molecule has 1 saturated heterocycles. The van der Waals surface area contributed by atoms with Crippen molar-refractivity contribution in [2.45, 2.75) is 30.6 Å². The summed E-state index contributed by atoms with van der Waals surface area (Å²) in [4.78, 5) is 0.237. The van der Waals surface area contributed by atoms with Gasteiger partial charge in [-0.25, -0.2) is 8.42 Å². The molecule has 0 atom stereocenters. The molecular formula is C15H18N2O2S. The van der Waals surface area contributed by atoms with E-state index in [0.29, 0.717) is 24.6 Å². The highest BCUT2D eigenvalue weighted by Crippen LogP contribution is 2.42. The molecule has 20 heavy (non-hydrogen) atoms. The molecule has 2 fully saturated rings. The number of piperidine rings is 1. The first-order valence-corrected chi connectivity index (χ1v) is 8.55. The molecule has 0 bridgehead atoms. The van der Waals surface area contributed by atoms with Gasteiger partial charge in [-0.15, -0.1) is 0 Å². The number of nitrogens with zero attached hydrogens (tertiary/aromatic N) is 2. The number of nitriles is 1. The van der Waals surface area contributed by atoms with Crippen molar-refractivity contribution in [1.82, 2.24) is 4.31 Å². The van der Waals surface area contributed by atoms with Crippen LogP contribution in [-0.4, -0.2) is 25.8 Å². The second kappa shape index (κ2) is 5.19. The molecule has 4 nitrogen and oxygen atoms in total. The third kappa shape index (κ3) is 2.58. The maximum Gasteiger partial charge on any atom is 0.243 e. The van der Waals surface area contributed by atoms with E-state index in [9.17, 15) is 8.42 Å². The third-order valence-corrected chi connectivity index (χ3v) is 6.28. The highest BCUT2D eigenvalue weighted by molar-refractivity contribution is 7.89. The number of rotatable bonds is 3. The fraction of sp³-hybridized carbons (Fsp3) is 0.533. The lowest BCUT2D eigenvalue weighted by Gasteiger charge is -2.31. The first kappa shape index (κ1) is 13.6. The molecule has 0 spiro atoms. The van der Waals surface area contributed by atoms with E-state index in [1.54, 1.807) is 22.5 Å². The van der Waals surface area contributed by atoms with E-state index in [2.05, 4.69) is 0 Å². The van der Waals surface area contributed by atoms with Gasteiger partial charge < -0.3 is 0 Å². The van der Waals surface area contributed by atoms with Crippen LogP contribution in [0.2, 0.25) is 0 Å². The number of hydrogen-bond acceptors (Lipinski definition) is 3. The Labute approximate surface area is 120 Å². The fourth-order valence-corrected chi connectivity index (χ4v) is 4.55. The summed E-state index contributed by atoms with van der Waals surface area (Å²) in [5.74, 6) is 1.56. The standard InChI is InChI=1S/C15H18N2O2S/c16-11-12-2-1-3-15(10-12)20(18,19)17-8-6-14(7-9-17)13-4-5-13/h1-3,10,13-14H,4-9H2. The molecule has 3 rings (SSSR count). The van der Waals surface area contributed by atoms with E-state index >= 15 is 0 Å². The molecule has 2 aliphatic rings. The van der Waals surface area contributed by atoms with Gasteiger partial charge in [0.1, 0.15) is 0 Å². The molecule has 1 aliphatic carbocycles. The minimum Gasteiger partial charge on any atom is -0.207 e. The lowest BCUT2D eigenvalue weighted by atomic mass is 9.93. The summed E-state index contributed by atoms with van der Waals surface area (Å²) in [6.07, 6.45) is 4.59. The normalized spacial score (nSPS) is 21.6. The zero-order valence-corrected chi connectivity index (χ0v) is 12.1. The minimum atomic E-state index is -3.44. The van der Waals surface area contributed by atoms with E-state index < -0.39 is 10.0 Å². The van der Waals surface area contributed by atoms with Crippen LogP contribution in [0.25, 0.3) is 0 Å². The third-order valence-electron chi connectivity index (χ3n) is 4.39. The zero-order valence-electron chi connectivity index (χ0n) is 11.3. The van der Waals surface area contributed by atoms with Gasteiger partial charge in [-0.1, -0.05) is 6.07 Å². The van der Waals surface area contributed by atoms with Gasteiger partial charge in [-0.2, -0.15) is 9.57 Å². The number of sulfonamides is 1. The SMILES string of the molecule is N#Cc1cccc(S(=O)(=O)N2CCC(C3CC3)CC2)c1. The second-order valence-electron chi connectivity index (χ2n) is 5.72. The molecule has 1 heterocycles. The van der Waals surface area contributed by atoms with E-state index in [0.717, 1.165) is 18.8 Å². The summed E-state index contributed by atoms with van der Waals surface area (Å²) in [7, 11) is -3.44. The van der Waals surface area contributed by atoms with Crippen molar-refractivity contribution in [2.75, 3.05) is 13.1 Å². The largest absolute Gasteiger partial charge is 0.243 e. The van der Waals surface area contributed by atoms with Gasteiger partial charge in [0.05, 0.1) is 16.5 Å². The molecule has 1 saturated carbocycles. The topological polar surface area (TPSA) is 61.2 Å². The molecule has 0 radical (unpaired) electrons. The lowest BCUT2D eigenvalue weighted by Crippen LogP contribution is -2.38. The molecule has 0 N–H and O–H groups in total. The van der Waals surface area contributed by atoms with Crippen LogP contribution in [0, 0.1) is 23.2 Å². The quantitative estimate of drug-likeness (QED) is 0.858. The Morgan fingerprint density at radius 2 is 1.75 bits per heavy atom. The van der Waals surface area contributed by atoms with Gasteiger partial charge in [0.2, 0.25) is 10.0 Å². The Balaban J connectivity index is 1.76. The predicted octanol–water partition coefficient (Wildman–Crippen LogP) is 2.37. The summed E-state index contributed by atoms with van der Waals surface area (Å²) >= 11 is 0. The molecule has 0 amide bonds. The van der Waals surface area contributed by atoms with E-state index in [1.807, 2.05) is 6.07 Å². The number of hydrogen-bond donors (Lipinski definition) is 0. The molecule has 106 valence electrons. The van der Waals surface area contributed by atoms with Gasteiger partial charge in [-0.3, -0.25) is 0 Å².